The van der Waals surface area contributed by atoms with E-state index in [1.807, 2.05) is 39.0 Å². The molecule has 0 spiro atoms. The highest BCUT2D eigenvalue weighted by atomic mass is 35.5. The van der Waals surface area contributed by atoms with Gasteiger partial charge in [0, 0.05) is 38.6 Å². The van der Waals surface area contributed by atoms with Crippen LogP contribution in [0.1, 0.15) is 31.4 Å². The zero-order valence-electron chi connectivity index (χ0n) is 16.0. The monoisotopic (exact) mass is 383 g/mol. The summed E-state index contributed by atoms with van der Waals surface area (Å²) in [5.41, 5.74) is 7.86. The van der Waals surface area contributed by atoms with Gasteiger partial charge in [-0.2, -0.15) is 0 Å². The molecule has 1 aromatic rings. The second kappa shape index (κ2) is 9.78. The molecule has 1 aliphatic rings. The van der Waals surface area contributed by atoms with E-state index in [9.17, 15) is 9.59 Å². The molecule has 1 aliphatic heterocycles. The van der Waals surface area contributed by atoms with Crippen molar-refractivity contribution in [2.45, 2.75) is 46.3 Å². The van der Waals surface area contributed by atoms with Crippen LogP contribution in [0.2, 0.25) is 0 Å². The van der Waals surface area contributed by atoms with Crippen molar-refractivity contribution in [2.75, 3.05) is 26.2 Å². The number of nitrogens with zero attached hydrogens (tertiary/aromatic N) is 2. The van der Waals surface area contributed by atoms with E-state index in [1.165, 1.54) is 0 Å². The molecule has 1 fully saturated rings. The van der Waals surface area contributed by atoms with Gasteiger partial charge >= 0.3 is 0 Å². The van der Waals surface area contributed by atoms with Crippen molar-refractivity contribution in [1.82, 2.24) is 9.80 Å². The predicted octanol–water partition coefficient (Wildman–Crippen LogP) is 1.90. The van der Waals surface area contributed by atoms with Crippen LogP contribution in [0.15, 0.2) is 18.2 Å². The summed E-state index contributed by atoms with van der Waals surface area (Å²) in [6.07, 6.45) is -0.201. The highest BCUT2D eigenvalue weighted by molar-refractivity contribution is 5.85. The summed E-state index contributed by atoms with van der Waals surface area (Å²) in [7, 11) is 0. The van der Waals surface area contributed by atoms with Gasteiger partial charge in [-0.25, -0.2) is 0 Å². The Labute approximate surface area is 162 Å². The molecule has 146 valence electrons. The minimum Gasteiger partial charge on any atom is -0.481 e. The standard InChI is InChI=1S/C19H29N3O3.ClH/c1-13-5-6-17(14(2)11-13)25-16(4)19(24)22-9-7-21(8-10-22)18(23)12-15(3)20;/h5-6,11,15-16H,7-10,12,20H2,1-4H3;1H. The number of halogens is 1. The summed E-state index contributed by atoms with van der Waals surface area (Å²) in [6, 6.07) is 5.77. The first-order chi connectivity index (χ1) is 11.8. The maximum Gasteiger partial charge on any atom is 0.263 e. The third-order valence-corrected chi connectivity index (χ3v) is 4.42. The number of amides is 2. The average molecular weight is 384 g/mol. The largest absolute Gasteiger partial charge is 0.481 e. The molecular formula is C19H30ClN3O3. The Morgan fingerprint density at radius 3 is 2.23 bits per heavy atom. The summed E-state index contributed by atoms with van der Waals surface area (Å²) in [4.78, 5) is 28.2. The number of hydrogen-bond donors (Lipinski definition) is 1. The van der Waals surface area contributed by atoms with Gasteiger partial charge in [-0.3, -0.25) is 9.59 Å². The van der Waals surface area contributed by atoms with Crippen molar-refractivity contribution >= 4 is 24.2 Å². The van der Waals surface area contributed by atoms with E-state index < -0.39 is 6.10 Å². The molecule has 6 nitrogen and oxygen atoms in total. The second-order valence-corrected chi connectivity index (χ2v) is 6.92. The topological polar surface area (TPSA) is 75.9 Å². The van der Waals surface area contributed by atoms with E-state index in [1.54, 1.807) is 16.7 Å². The number of ether oxygens (including phenoxy) is 1. The lowest BCUT2D eigenvalue weighted by atomic mass is 10.1. The molecule has 0 radical (unpaired) electrons. The fourth-order valence-electron chi connectivity index (χ4n) is 3.01. The van der Waals surface area contributed by atoms with Crippen LogP contribution in [0.3, 0.4) is 0 Å². The fourth-order valence-corrected chi connectivity index (χ4v) is 3.01. The maximum absolute atomic E-state index is 12.6. The van der Waals surface area contributed by atoms with Crippen molar-refractivity contribution in [2.24, 2.45) is 5.73 Å². The molecule has 0 saturated carbocycles. The second-order valence-electron chi connectivity index (χ2n) is 6.92. The molecule has 2 N–H and O–H groups in total. The minimum absolute atomic E-state index is 0. The smallest absolute Gasteiger partial charge is 0.263 e. The lowest BCUT2D eigenvalue weighted by Gasteiger charge is -2.36. The van der Waals surface area contributed by atoms with E-state index in [2.05, 4.69) is 0 Å². The normalized spacial score (nSPS) is 16.5. The van der Waals surface area contributed by atoms with Crippen LogP contribution < -0.4 is 10.5 Å². The van der Waals surface area contributed by atoms with Crippen LogP contribution in [0.5, 0.6) is 5.75 Å². The Kier molecular flexibility index (Phi) is 8.37. The zero-order chi connectivity index (χ0) is 18.6. The molecule has 1 saturated heterocycles. The predicted molar refractivity (Wildman–Crippen MR) is 105 cm³/mol. The molecule has 0 bridgehead atoms. The highest BCUT2D eigenvalue weighted by Gasteiger charge is 2.28. The highest BCUT2D eigenvalue weighted by Crippen LogP contribution is 2.20. The molecule has 0 aromatic heterocycles. The molecule has 26 heavy (non-hydrogen) atoms. The Hall–Kier alpha value is -1.79. The fraction of sp³-hybridized carbons (Fsp3) is 0.579. The number of aryl methyl sites for hydroxylation is 2. The van der Waals surface area contributed by atoms with Crippen LogP contribution >= 0.6 is 12.4 Å². The number of nitrogens with two attached hydrogens (primary N) is 1. The Balaban J connectivity index is 0.00000338. The van der Waals surface area contributed by atoms with E-state index >= 15 is 0 Å². The molecule has 1 heterocycles. The third kappa shape index (κ3) is 5.88. The van der Waals surface area contributed by atoms with Crippen molar-refractivity contribution in [3.05, 3.63) is 29.3 Å². The van der Waals surface area contributed by atoms with Crippen LogP contribution in [0.25, 0.3) is 0 Å². The van der Waals surface area contributed by atoms with Crippen LogP contribution in [0.4, 0.5) is 0 Å². The van der Waals surface area contributed by atoms with Gasteiger partial charge in [0.1, 0.15) is 5.75 Å². The summed E-state index contributed by atoms with van der Waals surface area (Å²) in [6.45, 7) is 9.76. The van der Waals surface area contributed by atoms with Gasteiger partial charge in [0.15, 0.2) is 6.10 Å². The van der Waals surface area contributed by atoms with Gasteiger partial charge in [-0.15, -0.1) is 12.4 Å². The molecule has 7 heteroatoms. The van der Waals surface area contributed by atoms with Crippen LogP contribution in [-0.4, -0.2) is 59.9 Å². The van der Waals surface area contributed by atoms with Crippen molar-refractivity contribution < 1.29 is 14.3 Å². The maximum atomic E-state index is 12.6. The molecule has 1 aromatic carbocycles. The van der Waals surface area contributed by atoms with Gasteiger partial charge < -0.3 is 20.3 Å². The minimum atomic E-state index is -0.548. The first-order valence-electron chi connectivity index (χ1n) is 8.84. The first-order valence-corrected chi connectivity index (χ1v) is 8.84. The van der Waals surface area contributed by atoms with Crippen molar-refractivity contribution in [3.63, 3.8) is 0 Å². The Bertz CT molecular complexity index is 628. The van der Waals surface area contributed by atoms with E-state index in [0.717, 1.165) is 16.9 Å². The van der Waals surface area contributed by atoms with Gasteiger partial charge in [0.05, 0.1) is 0 Å². The SMILES string of the molecule is Cc1ccc(OC(C)C(=O)N2CCN(C(=O)CC(C)N)CC2)c(C)c1.Cl. The van der Waals surface area contributed by atoms with E-state index in [0.29, 0.717) is 32.6 Å². The number of piperazine rings is 1. The van der Waals surface area contributed by atoms with E-state index in [4.69, 9.17) is 10.5 Å². The third-order valence-electron chi connectivity index (χ3n) is 4.42. The summed E-state index contributed by atoms with van der Waals surface area (Å²) in [5.74, 6) is 0.748. The average Bonchev–Trinajstić information content (AvgIpc) is 2.56. The van der Waals surface area contributed by atoms with Crippen molar-refractivity contribution in [3.8, 4) is 5.75 Å². The van der Waals surface area contributed by atoms with Gasteiger partial charge in [0.25, 0.3) is 5.91 Å². The zero-order valence-corrected chi connectivity index (χ0v) is 16.8. The molecule has 2 rings (SSSR count). The summed E-state index contributed by atoms with van der Waals surface area (Å²) in [5, 5.41) is 0. The number of carbonyl (C=O) groups excluding carboxylic acids is 2. The lowest BCUT2D eigenvalue weighted by molar-refractivity contribution is -0.143. The van der Waals surface area contributed by atoms with Crippen LogP contribution in [0, 0.1) is 13.8 Å². The van der Waals surface area contributed by atoms with Crippen molar-refractivity contribution in [1.29, 1.82) is 0 Å². The summed E-state index contributed by atoms with van der Waals surface area (Å²) >= 11 is 0. The first kappa shape index (κ1) is 22.3. The Morgan fingerprint density at radius 2 is 1.69 bits per heavy atom. The number of carbonyl (C=O) groups is 2. The number of benzene rings is 1. The lowest BCUT2D eigenvalue weighted by Crippen LogP contribution is -2.53. The Morgan fingerprint density at radius 1 is 1.12 bits per heavy atom. The number of rotatable bonds is 5. The molecule has 2 amide bonds. The van der Waals surface area contributed by atoms with Gasteiger partial charge in [-0.1, -0.05) is 17.7 Å². The van der Waals surface area contributed by atoms with Crippen LogP contribution in [-0.2, 0) is 9.59 Å². The molecule has 2 unspecified atom stereocenters. The summed E-state index contributed by atoms with van der Waals surface area (Å²) < 4.78 is 5.85. The van der Waals surface area contributed by atoms with Gasteiger partial charge in [0.2, 0.25) is 5.91 Å². The van der Waals surface area contributed by atoms with E-state index in [-0.39, 0.29) is 30.3 Å². The molecular weight excluding hydrogens is 354 g/mol. The quantitative estimate of drug-likeness (QED) is 0.842. The van der Waals surface area contributed by atoms with Gasteiger partial charge in [-0.05, 0) is 39.3 Å². The number of hydrogen-bond acceptors (Lipinski definition) is 4. The molecule has 0 aliphatic carbocycles. The molecule has 2 atom stereocenters.